The first-order chi connectivity index (χ1) is 9.02. The van der Waals surface area contributed by atoms with Crippen molar-refractivity contribution in [2.75, 3.05) is 33.2 Å². The molecule has 0 atom stereocenters. The fourth-order valence-corrected chi connectivity index (χ4v) is 2.32. The Labute approximate surface area is 114 Å². The third-order valence-electron chi connectivity index (χ3n) is 4.27. The van der Waals surface area contributed by atoms with Gasteiger partial charge < -0.3 is 4.48 Å². The maximum absolute atomic E-state index is 12.2. The predicted molar refractivity (Wildman–Crippen MR) is 73.9 cm³/mol. The van der Waals surface area contributed by atoms with E-state index in [4.69, 9.17) is 0 Å². The van der Waals surface area contributed by atoms with Gasteiger partial charge in [0, 0.05) is 0 Å². The molecule has 102 valence electrons. The summed E-state index contributed by atoms with van der Waals surface area (Å²) in [4.78, 5) is 25.8. The summed E-state index contributed by atoms with van der Waals surface area (Å²) in [7, 11) is 2.15. The zero-order valence-corrected chi connectivity index (χ0v) is 11.8. The Morgan fingerprint density at radius 2 is 1.47 bits per heavy atom. The smallest absolute Gasteiger partial charge is 0.261 e. The molecule has 4 heteroatoms. The summed E-state index contributed by atoms with van der Waals surface area (Å²) in [6, 6.07) is 7.05. The average molecular weight is 261 g/mol. The monoisotopic (exact) mass is 261 g/mol. The van der Waals surface area contributed by atoms with Crippen LogP contribution in [0.15, 0.2) is 24.3 Å². The van der Waals surface area contributed by atoms with Crippen molar-refractivity contribution in [2.45, 2.75) is 13.8 Å². The van der Waals surface area contributed by atoms with Gasteiger partial charge in [-0.25, -0.2) is 0 Å². The molecule has 0 fully saturated rings. The van der Waals surface area contributed by atoms with Gasteiger partial charge in [0.15, 0.2) is 0 Å². The molecule has 19 heavy (non-hydrogen) atoms. The van der Waals surface area contributed by atoms with Crippen molar-refractivity contribution in [1.82, 2.24) is 4.90 Å². The lowest BCUT2D eigenvalue weighted by Crippen LogP contribution is -2.49. The highest BCUT2D eigenvalue weighted by Gasteiger charge is 2.36. The average Bonchev–Trinajstić information content (AvgIpc) is 2.69. The molecular weight excluding hydrogens is 240 g/mol. The summed E-state index contributed by atoms with van der Waals surface area (Å²) in [5, 5.41) is 0. The third kappa shape index (κ3) is 2.40. The standard InChI is InChI=1S/C15H21N2O2/c1-4-17(3,5-2)11-10-16-14(18)12-8-6-7-9-13(12)15(16)19/h6-9H,4-5,10-11H2,1-3H3/q+1. The highest BCUT2D eigenvalue weighted by molar-refractivity contribution is 6.21. The SMILES string of the molecule is CC[N+](C)(CC)CCN1C(=O)c2ccccc2C1=O. The number of amides is 2. The first-order valence-electron chi connectivity index (χ1n) is 6.81. The number of fused-ring (bicyclic) bond motifs is 1. The minimum Gasteiger partial charge on any atom is -0.325 e. The number of benzene rings is 1. The Bertz CT molecular complexity index is 472. The molecule has 0 N–H and O–H groups in total. The van der Waals surface area contributed by atoms with E-state index < -0.39 is 0 Å². The zero-order valence-electron chi connectivity index (χ0n) is 11.8. The summed E-state index contributed by atoms with van der Waals surface area (Å²) in [6.45, 7) is 7.56. The van der Waals surface area contributed by atoms with Gasteiger partial charge in [-0.3, -0.25) is 14.5 Å². The van der Waals surface area contributed by atoms with Crippen molar-refractivity contribution in [3.63, 3.8) is 0 Å². The number of nitrogens with zero attached hydrogens (tertiary/aromatic N) is 2. The molecule has 4 nitrogen and oxygen atoms in total. The van der Waals surface area contributed by atoms with Crippen LogP contribution in [0, 0.1) is 0 Å². The number of rotatable bonds is 5. The molecule has 0 unspecified atom stereocenters. The van der Waals surface area contributed by atoms with Crippen LogP contribution >= 0.6 is 0 Å². The van der Waals surface area contributed by atoms with Crippen LogP contribution in [0.3, 0.4) is 0 Å². The van der Waals surface area contributed by atoms with E-state index in [2.05, 4.69) is 20.9 Å². The zero-order chi connectivity index (χ0) is 14.0. The molecule has 0 spiro atoms. The topological polar surface area (TPSA) is 37.4 Å². The second-order valence-electron chi connectivity index (χ2n) is 5.28. The van der Waals surface area contributed by atoms with E-state index >= 15 is 0 Å². The Balaban J connectivity index is 2.13. The molecule has 1 aliphatic rings. The van der Waals surface area contributed by atoms with Gasteiger partial charge in [-0.2, -0.15) is 0 Å². The van der Waals surface area contributed by atoms with E-state index in [0.717, 1.165) is 24.1 Å². The van der Waals surface area contributed by atoms with Gasteiger partial charge in [-0.15, -0.1) is 0 Å². The van der Waals surface area contributed by atoms with Crippen LogP contribution in [-0.2, 0) is 0 Å². The lowest BCUT2D eigenvalue weighted by molar-refractivity contribution is -0.905. The molecule has 0 radical (unpaired) electrons. The molecule has 2 rings (SSSR count). The first-order valence-corrected chi connectivity index (χ1v) is 6.81. The van der Waals surface area contributed by atoms with E-state index in [0.29, 0.717) is 17.7 Å². The Kier molecular flexibility index (Phi) is 3.71. The van der Waals surface area contributed by atoms with Crippen molar-refractivity contribution in [3.8, 4) is 0 Å². The van der Waals surface area contributed by atoms with E-state index in [-0.39, 0.29) is 11.8 Å². The summed E-state index contributed by atoms with van der Waals surface area (Å²) in [5.41, 5.74) is 1.07. The second kappa shape index (κ2) is 5.13. The third-order valence-corrected chi connectivity index (χ3v) is 4.27. The van der Waals surface area contributed by atoms with Crippen LogP contribution in [0.1, 0.15) is 34.6 Å². The second-order valence-corrected chi connectivity index (χ2v) is 5.28. The van der Waals surface area contributed by atoms with E-state index in [1.165, 1.54) is 4.90 Å². The van der Waals surface area contributed by atoms with Crippen LogP contribution in [-0.4, -0.2) is 54.4 Å². The number of imide groups is 1. The fourth-order valence-electron chi connectivity index (χ4n) is 2.32. The summed E-state index contributed by atoms with van der Waals surface area (Å²) < 4.78 is 0.868. The molecule has 1 aromatic carbocycles. The van der Waals surface area contributed by atoms with Gasteiger partial charge >= 0.3 is 0 Å². The summed E-state index contributed by atoms with van der Waals surface area (Å²) in [6.07, 6.45) is 0. The predicted octanol–water partition coefficient (Wildman–Crippen LogP) is 1.77. The van der Waals surface area contributed by atoms with Gasteiger partial charge in [0.1, 0.15) is 0 Å². The van der Waals surface area contributed by atoms with Gasteiger partial charge in [-0.05, 0) is 26.0 Å². The minimum atomic E-state index is -0.153. The Morgan fingerprint density at radius 3 is 1.89 bits per heavy atom. The number of hydrogen-bond donors (Lipinski definition) is 0. The maximum Gasteiger partial charge on any atom is 0.261 e. The normalized spacial score (nSPS) is 15.0. The Morgan fingerprint density at radius 1 is 1.00 bits per heavy atom. The molecule has 1 heterocycles. The number of quaternary nitrogens is 1. The number of carbonyl (C=O) groups excluding carboxylic acids is 2. The molecular formula is C15H21N2O2+. The van der Waals surface area contributed by atoms with Crippen LogP contribution in [0.25, 0.3) is 0 Å². The van der Waals surface area contributed by atoms with Crippen molar-refractivity contribution >= 4 is 11.8 Å². The molecule has 0 saturated heterocycles. The van der Waals surface area contributed by atoms with Gasteiger partial charge in [0.2, 0.25) is 0 Å². The van der Waals surface area contributed by atoms with E-state index in [1.807, 2.05) is 0 Å². The maximum atomic E-state index is 12.2. The van der Waals surface area contributed by atoms with E-state index in [9.17, 15) is 9.59 Å². The first kappa shape index (κ1) is 13.7. The molecule has 0 aromatic heterocycles. The lowest BCUT2D eigenvalue weighted by Gasteiger charge is -2.33. The van der Waals surface area contributed by atoms with Gasteiger partial charge in [-0.1, -0.05) is 12.1 Å². The van der Waals surface area contributed by atoms with E-state index in [1.54, 1.807) is 24.3 Å². The Hall–Kier alpha value is -1.68. The van der Waals surface area contributed by atoms with Crippen LogP contribution in [0.4, 0.5) is 0 Å². The van der Waals surface area contributed by atoms with Crippen LogP contribution in [0.5, 0.6) is 0 Å². The van der Waals surface area contributed by atoms with Gasteiger partial charge in [0.05, 0.1) is 44.4 Å². The van der Waals surface area contributed by atoms with Crippen molar-refractivity contribution in [2.24, 2.45) is 0 Å². The summed E-state index contributed by atoms with van der Waals surface area (Å²) in [5.74, 6) is -0.307. The minimum absolute atomic E-state index is 0.153. The quantitative estimate of drug-likeness (QED) is 0.598. The molecule has 2 amide bonds. The molecule has 0 saturated carbocycles. The molecule has 0 aliphatic carbocycles. The van der Waals surface area contributed by atoms with Gasteiger partial charge in [0.25, 0.3) is 11.8 Å². The number of likely N-dealkylation sites (N-methyl/N-ethyl adjacent to an activating group) is 1. The largest absolute Gasteiger partial charge is 0.325 e. The molecule has 1 aromatic rings. The number of hydrogen-bond acceptors (Lipinski definition) is 2. The van der Waals surface area contributed by atoms with Crippen molar-refractivity contribution < 1.29 is 14.1 Å². The van der Waals surface area contributed by atoms with Crippen LogP contribution < -0.4 is 0 Å². The summed E-state index contributed by atoms with van der Waals surface area (Å²) >= 11 is 0. The molecule has 0 bridgehead atoms. The van der Waals surface area contributed by atoms with Crippen molar-refractivity contribution in [3.05, 3.63) is 35.4 Å². The fraction of sp³-hybridized carbons (Fsp3) is 0.467. The molecule has 1 aliphatic heterocycles. The van der Waals surface area contributed by atoms with Crippen molar-refractivity contribution in [1.29, 1.82) is 0 Å². The van der Waals surface area contributed by atoms with Crippen LogP contribution in [0.2, 0.25) is 0 Å². The highest BCUT2D eigenvalue weighted by Crippen LogP contribution is 2.22. The number of carbonyl (C=O) groups is 2. The highest BCUT2D eigenvalue weighted by atomic mass is 16.2. The lowest BCUT2D eigenvalue weighted by atomic mass is 10.1.